The lowest BCUT2D eigenvalue weighted by Gasteiger charge is -2.24. The van der Waals surface area contributed by atoms with Crippen molar-refractivity contribution in [3.05, 3.63) is 77.3 Å². The molecule has 2 unspecified atom stereocenters. The maximum absolute atomic E-state index is 11.2. The zero-order valence-electron chi connectivity index (χ0n) is 16.1. The lowest BCUT2D eigenvalue weighted by molar-refractivity contribution is 0.0697. The number of aromatic carboxylic acids is 1. The Hall–Kier alpha value is -3.19. The summed E-state index contributed by atoms with van der Waals surface area (Å²) in [5.41, 5.74) is 2.87. The summed E-state index contributed by atoms with van der Waals surface area (Å²) in [4.78, 5) is 17.8. The van der Waals surface area contributed by atoms with E-state index in [0.29, 0.717) is 10.9 Å². The number of aromatic nitrogens is 1. The number of likely N-dealkylation sites (N-methyl/N-ethyl adjacent to an activating group) is 1. The molecule has 2 atom stereocenters. The smallest absolute Gasteiger partial charge is 0.335 e. The molecule has 3 aromatic rings. The van der Waals surface area contributed by atoms with Gasteiger partial charge < -0.3 is 19.7 Å². The number of hydrogen-bond acceptors (Lipinski definition) is 4. The number of carboxylic acid groups (broad SMARTS) is 1. The number of thiocarbonyl (C=S) groups is 1. The first-order chi connectivity index (χ1) is 14.0. The molecule has 2 aromatic heterocycles. The molecule has 0 amide bonds. The third-order valence-electron chi connectivity index (χ3n) is 5.20. The van der Waals surface area contributed by atoms with Crippen LogP contribution in [0.2, 0.25) is 0 Å². The molecule has 1 fully saturated rings. The first-order valence-corrected chi connectivity index (χ1v) is 9.82. The van der Waals surface area contributed by atoms with Crippen molar-refractivity contribution in [2.75, 3.05) is 6.54 Å². The summed E-state index contributed by atoms with van der Waals surface area (Å²) in [6, 6.07) is 14.5. The monoisotopic (exact) mass is 407 g/mol. The number of benzene rings is 1. The molecule has 0 bridgehead atoms. The number of pyridine rings is 1. The van der Waals surface area contributed by atoms with Gasteiger partial charge >= 0.3 is 5.97 Å². The molecule has 1 aliphatic rings. The van der Waals surface area contributed by atoms with Crippen LogP contribution in [-0.4, -0.2) is 32.6 Å². The van der Waals surface area contributed by atoms with E-state index in [9.17, 15) is 9.90 Å². The van der Waals surface area contributed by atoms with E-state index in [1.807, 2.05) is 37.3 Å². The van der Waals surface area contributed by atoms with Crippen LogP contribution in [0.5, 0.6) is 0 Å². The van der Waals surface area contributed by atoms with E-state index in [1.54, 1.807) is 24.4 Å². The highest BCUT2D eigenvalue weighted by molar-refractivity contribution is 7.80. The number of nitrogens with zero attached hydrogens (tertiary/aromatic N) is 2. The molecule has 7 heteroatoms. The van der Waals surface area contributed by atoms with Crippen LogP contribution in [0.3, 0.4) is 0 Å². The summed E-state index contributed by atoms with van der Waals surface area (Å²) in [5, 5.41) is 13.2. The Bertz CT molecular complexity index is 1060. The molecule has 148 valence electrons. The Morgan fingerprint density at radius 2 is 2.10 bits per heavy atom. The van der Waals surface area contributed by atoms with Gasteiger partial charge in [-0.15, -0.1) is 0 Å². The lowest BCUT2D eigenvalue weighted by atomic mass is 10.0. The van der Waals surface area contributed by atoms with Crippen LogP contribution in [0.4, 0.5) is 0 Å². The second-order valence-electron chi connectivity index (χ2n) is 6.95. The molecular formula is C22H21N3O3S. The Morgan fingerprint density at radius 1 is 1.28 bits per heavy atom. The fourth-order valence-electron chi connectivity index (χ4n) is 3.78. The largest absolute Gasteiger partial charge is 0.478 e. The van der Waals surface area contributed by atoms with E-state index in [-0.39, 0.29) is 17.6 Å². The molecule has 2 N–H and O–H groups in total. The summed E-state index contributed by atoms with van der Waals surface area (Å²) in [5.74, 6) is 0.539. The standard InChI is InChI=1S/C22H21N3O3S/c1-3-25-20(19(24-22(25)29)16-6-4-5-11-23-16)18-10-9-17(28-18)15-8-7-14(21(26)27)12-13(15)2/h4-12,19-20H,3H2,1-2H3,(H,24,29)(H,26,27). The van der Waals surface area contributed by atoms with Crippen LogP contribution in [-0.2, 0) is 0 Å². The van der Waals surface area contributed by atoms with Gasteiger partial charge in [-0.25, -0.2) is 4.79 Å². The molecule has 0 spiro atoms. The first-order valence-electron chi connectivity index (χ1n) is 9.41. The van der Waals surface area contributed by atoms with Gasteiger partial charge in [-0.05, 0) is 68.0 Å². The van der Waals surface area contributed by atoms with Gasteiger partial charge in [0.05, 0.1) is 17.3 Å². The highest BCUT2D eigenvalue weighted by Gasteiger charge is 2.40. The summed E-state index contributed by atoms with van der Waals surface area (Å²) in [6.07, 6.45) is 1.77. The first kappa shape index (κ1) is 19.1. The molecule has 4 rings (SSSR count). The van der Waals surface area contributed by atoms with Crippen LogP contribution in [0.15, 0.2) is 59.1 Å². The Labute approximate surface area is 174 Å². The number of furan rings is 1. The number of rotatable bonds is 5. The van der Waals surface area contributed by atoms with Crippen LogP contribution < -0.4 is 5.32 Å². The minimum atomic E-state index is -0.942. The predicted octanol–water partition coefficient (Wildman–Crippen LogP) is 4.34. The van der Waals surface area contributed by atoms with Crippen molar-refractivity contribution in [1.29, 1.82) is 0 Å². The van der Waals surface area contributed by atoms with Crippen LogP contribution >= 0.6 is 12.2 Å². The van der Waals surface area contributed by atoms with Crippen molar-refractivity contribution in [2.45, 2.75) is 25.9 Å². The third kappa shape index (κ3) is 3.49. The van der Waals surface area contributed by atoms with E-state index >= 15 is 0 Å². The summed E-state index contributed by atoms with van der Waals surface area (Å²) < 4.78 is 6.25. The van der Waals surface area contributed by atoms with Gasteiger partial charge in [0.2, 0.25) is 0 Å². The summed E-state index contributed by atoms with van der Waals surface area (Å²) in [7, 11) is 0. The Kier molecular flexibility index (Phi) is 5.07. The van der Waals surface area contributed by atoms with E-state index in [4.69, 9.17) is 16.6 Å². The second-order valence-corrected chi connectivity index (χ2v) is 7.34. The summed E-state index contributed by atoms with van der Waals surface area (Å²) in [6.45, 7) is 4.67. The zero-order chi connectivity index (χ0) is 20.5. The molecule has 0 radical (unpaired) electrons. The van der Waals surface area contributed by atoms with Crippen LogP contribution in [0.1, 0.15) is 46.4 Å². The van der Waals surface area contributed by atoms with Crippen molar-refractivity contribution < 1.29 is 14.3 Å². The number of aryl methyl sites for hydroxylation is 1. The highest BCUT2D eigenvalue weighted by atomic mass is 32.1. The van der Waals surface area contributed by atoms with Gasteiger partial charge in [-0.2, -0.15) is 0 Å². The number of carboxylic acids is 1. The average Bonchev–Trinajstić information content (AvgIpc) is 3.32. The fourth-order valence-corrected chi connectivity index (χ4v) is 4.15. The molecule has 6 nitrogen and oxygen atoms in total. The van der Waals surface area contributed by atoms with Gasteiger partial charge in [0.1, 0.15) is 17.6 Å². The molecule has 3 heterocycles. The highest BCUT2D eigenvalue weighted by Crippen LogP contribution is 2.40. The molecule has 0 saturated carbocycles. The van der Waals surface area contributed by atoms with Crippen LogP contribution in [0, 0.1) is 6.92 Å². The maximum atomic E-state index is 11.2. The van der Waals surface area contributed by atoms with Crippen molar-refractivity contribution in [2.24, 2.45) is 0 Å². The van der Waals surface area contributed by atoms with Crippen molar-refractivity contribution in [1.82, 2.24) is 15.2 Å². The third-order valence-corrected chi connectivity index (χ3v) is 5.55. The topological polar surface area (TPSA) is 78.6 Å². The fraction of sp³-hybridized carbons (Fsp3) is 0.227. The van der Waals surface area contributed by atoms with Gasteiger partial charge in [0.25, 0.3) is 0 Å². The molecular weight excluding hydrogens is 386 g/mol. The molecule has 1 saturated heterocycles. The van der Waals surface area contributed by atoms with Gasteiger partial charge in [-0.1, -0.05) is 12.1 Å². The summed E-state index contributed by atoms with van der Waals surface area (Å²) >= 11 is 5.54. The minimum Gasteiger partial charge on any atom is -0.478 e. The SMILES string of the molecule is CCN1C(=S)NC(c2ccccn2)C1c1ccc(-c2ccc(C(=O)O)cc2C)o1. The molecule has 0 aliphatic carbocycles. The molecule has 29 heavy (non-hydrogen) atoms. The van der Waals surface area contributed by atoms with Crippen LogP contribution in [0.25, 0.3) is 11.3 Å². The zero-order valence-corrected chi connectivity index (χ0v) is 16.9. The molecule has 1 aromatic carbocycles. The lowest BCUT2D eigenvalue weighted by Crippen LogP contribution is -2.29. The van der Waals surface area contributed by atoms with E-state index in [0.717, 1.165) is 29.1 Å². The van der Waals surface area contributed by atoms with E-state index in [2.05, 4.69) is 22.1 Å². The minimum absolute atomic E-state index is 0.113. The quantitative estimate of drug-likeness (QED) is 0.609. The van der Waals surface area contributed by atoms with E-state index in [1.165, 1.54) is 0 Å². The molecule has 1 aliphatic heterocycles. The van der Waals surface area contributed by atoms with Crippen molar-refractivity contribution >= 4 is 23.3 Å². The average molecular weight is 407 g/mol. The van der Waals surface area contributed by atoms with Gasteiger partial charge in [-0.3, -0.25) is 4.98 Å². The van der Waals surface area contributed by atoms with Crippen molar-refractivity contribution in [3.63, 3.8) is 0 Å². The number of nitrogens with one attached hydrogen (secondary N) is 1. The number of hydrogen-bond donors (Lipinski definition) is 2. The number of carbonyl (C=O) groups is 1. The maximum Gasteiger partial charge on any atom is 0.335 e. The normalized spacial score (nSPS) is 18.7. The van der Waals surface area contributed by atoms with Gasteiger partial charge in [0.15, 0.2) is 5.11 Å². The van der Waals surface area contributed by atoms with Crippen molar-refractivity contribution in [3.8, 4) is 11.3 Å². The Morgan fingerprint density at radius 3 is 2.76 bits per heavy atom. The second kappa shape index (κ2) is 7.67. The predicted molar refractivity (Wildman–Crippen MR) is 114 cm³/mol. The van der Waals surface area contributed by atoms with E-state index < -0.39 is 5.97 Å². The Balaban J connectivity index is 1.71. The van der Waals surface area contributed by atoms with Gasteiger partial charge in [0, 0.05) is 18.3 Å².